The number of imidazole rings is 1. The molecular formula is C15H29N5. The third-order valence-electron chi connectivity index (χ3n) is 4.47. The number of aryl methyl sites for hydroxylation is 1. The molecule has 0 bridgehead atoms. The molecule has 1 atom stereocenters. The summed E-state index contributed by atoms with van der Waals surface area (Å²) in [4.78, 5) is 9.56. The van der Waals surface area contributed by atoms with Crippen molar-refractivity contribution in [2.45, 2.75) is 32.2 Å². The number of nitrogens with two attached hydrogens (primary N) is 1. The Balaban J connectivity index is 1.72. The topological polar surface area (TPSA) is 50.3 Å². The SMILES string of the molecule is CCC(CCN)N1CCN(CCc2nccn2C)CC1. The van der Waals surface area contributed by atoms with E-state index < -0.39 is 0 Å². The van der Waals surface area contributed by atoms with E-state index in [4.69, 9.17) is 5.73 Å². The highest BCUT2D eigenvalue weighted by molar-refractivity contribution is 4.92. The highest BCUT2D eigenvalue weighted by atomic mass is 15.3. The molecule has 1 aromatic heterocycles. The van der Waals surface area contributed by atoms with Gasteiger partial charge in [0.2, 0.25) is 0 Å². The van der Waals surface area contributed by atoms with E-state index in [-0.39, 0.29) is 0 Å². The monoisotopic (exact) mass is 279 g/mol. The largest absolute Gasteiger partial charge is 0.338 e. The van der Waals surface area contributed by atoms with Crippen LogP contribution in [0.3, 0.4) is 0 Å². The molecule has 0 amide bonds. The van der Waals surface area contributed by atoms with Gasteiger partial charge in [-0.2, -0.15) is 0 Å². The summed E-state index contributed by atoms with van der Waals surface area (Å²) in [5.41, 5.74) is 5.71. The summed E-state index contributed by atoms with van der Waals surface area (Å²) in [6, 6.07) is 0.677. The molecule has 0 spiro atoms. The Morgan fingerprint density at radius 2 is 2.05 bits per heavy atom. The molecule has 5 nitrogen and oxygen atoms in total. The zero-order valence-electron chi connectivity index (χ0n) is 13.0. The molecule has 1 fully saturated rings. The molecule has 0 aromatic carbocycles. The van der Waals surface area contributed by atoms with E-state index in [0.29, 0.717) is 6.04 Å². The number of nitrogens with zero attached hydrogens (tertiary/aromatic N) is 4. The van der Waals surface area contributed by atoms with Gasteiger partial charge in [-0.15, -0.1) is 0 Å². The molecule has 1 aliphatic heterocycles. The number of rotatable bonds is 7. The van der Waals surface area contributed by atoms with Crippen LogP contribution in [0.1, 0.15) is 25.6 Å². The van der Waals surface area contributed by atoms with Crippen LogP contribution in [0.5, 0.6) is 0 Å². The first kappa shape index (κ1) is 15.5. The van der Waals surface area contributed by atoms with Gasteiger partial charge in [0.25, 0.3) is 0 Å². The van der Waals surface area contributed by atoms with E-state index in [1.807, 2.05) is 12.4 Å². The highest BCUT2D eigenvalue weighted by Crippen LogP contribution is 2.12. The summed E-state index contributed by atoms with van der Waals surface area (Å²) >= 11 is 0. The molecule has 0 saturated carbocycles. The first-order valence-electron chi connectivity index (χ1n) is 7.87. The Morgan fingerprint density at radius 3 is 2.60 bits per heavy atom. The molecule has 114 valence electrons. The normalized spacial score (nSPS) is 19.4. The molecule has 5 heteroatoms. The number of hydrogen-bond acceptors (Lipinski definition) is 4. The maximum absolute atomic E-state index is 5.71. The summed E-state index contributed by atoms with van der Waals surface area (Å²) in [5, 5.41) is 0. The summed E-state index contributed by atoms with van der Waals surface area (Å²) in [7, 11) is 2.07. The second-order valence-electron chi connectivity index (χ2n) is 5.72. The van der Waals surface area contributed by atoms with Gasteiger partial charge < -0.3 is 15.2 Å². The minimum atomic E-state index is 0.677. The second-order valence-corrected chi connectivity index (χ2v) is 5.72. The summed E-state index contributed by atoms with van der Waals surface area (Å²) in [6.07, 6.45) is 7.29. The van der Waals surface area contributed by atoms with Crippen LogP contribution in [-0.2, 0) is 13.5 Å². The van der Waals surface area contributed by atoms with Crippen molar-refractivity contribution in [2.24, 2.45) is 12.8 Å². The quantitative estimate of drug-likeness (QED) is 0.798. The Labute approximate surface area is 122 Å². The van der Waals surface area contributed by atoms with Crippen molar-refractivity contribution in [1.82, 2.24) is 19.4 Å². The lowest BCUT2D eigenvalue weighted by Crippen LogP contribution is -2.51. The number of hydrogen-bond donors (Lipinski definition) is 1. The minimum absolute atomic E-state index is 0.677. The summed E-state index contributed by atoms with van der Waals surface area (Å²) < 4.78 is 2.12. The van der Waals surface area contributed by atoms with Crippen molar-refractivity contribution < 1.29 is 0 Å². The Bertz CT molecular complexity index is 381. The lowest BCUT2D eigenvalue weighted by molar-refractivity contribution is 0.0914. The van der Waals surface area contributed by atoms with E-state index in [2.05, 4.69) is 33.3 Å². The molecule has 0 aliphatic carbocycles. The molecule has 2 rings (SSSR count). The third-order valence-corrected chi connectivity index (χ3v) is 4.47. The van der Waals surface area contributed by atoms with Gasteiger partial charge in [0.1, 0.15) is 5.82 Å². The van der Waals surface area contributed by atoms with Crippen LogP contribution in [0.4, 0.5) is 0 Å². The lowest BCUT2D eigenvalue weighted by Gasteiger charge is -2.39. The van der Waals surface area contributed by atoms with E-state index >= 15 is 0 Å². The summed E-state index contributed by atoms with van der Waals surface area (Å²) in [5.74, 6) is 1.18. The maximum Gasteiger partial charge on any atom is 0.109 e. The maximum atomic E-state index is 5.71. The van der Waals surface area contributed by atoms with Crippen molar-refractivity contribution in [3.05, 3.63) is 18.2 Å². The molecule has 2 N–H and O–H groups in total. The highest BCUT2D eigenvalue weighted by Gasteiger charge is 2.22. The van der Waals surface area contributed by atoms with Gasteiger partial charge in [-0.1, -0.05) is 6.92 Å². The third kappa shape index (κ3) is 4.04. The average Bonchev–Trinajstić information content (AvgIpc) is 2.89. The molecule has 1 saturated heterocycles. The molecule has 2 heterocycles. The second kappa shape index (κ2) is 7.76. The molecule has 0 radical (unpaired) electrons. The fourth-order valence-electron chi connectivity index (χ4n) is 3.08. The molecule has 1 unspecified atom stereocenters. The van der Waals surface area contributed by atoms with Crippen molar-refractivity contribution in [3.8, 4) is 0 Å². The van der Waals surface area contributed by atoms with Crippen LogP contribution >= 0.6 is 0 Å². The van der Waals surface area contributed by atoms with E-state index in [9.17, 15) is 0 Å². The Kier molecular flexibility index (Phi) is 6.01. The van der Waals surface area contributed by atoms with Gasteiger partial charge in [0, 0.05) is 64.6 Å². The fraction of sp³-hybridized carbons (Fsp3) is 0.800. The number of aromatic nitrogens is 2. The predicted molar refractivity (Wildman–Crippen MR) is 82.7 cm³/mol. The van der Waals surface area contributed by atoms with Gasteiger partial charge in [-0.25, -0.2) is 4.98 Å². The standard InChI is InChI=1S/C15H29N5/c1-3-14(4-6-16)20-12-10-19(11-13-20)8-5-15-17-7-9-18(15)2/h7,9,14H,3-6,8,10-13,16H2,1-2H3. The van der Waals surface area contributed by atoms with Gasteiger partial charge in [0.05, 0.1) is 0 Å². The van der Waals surface area contributed by atoms with Crippen LogP contribution < -0.4 is 5.73 Å². The van der Waals surface area contributed by atoms with Crippen molar-refractivity contribution >= 4 is 0 Å². The van der Waals surface area contributed by atoms with Crippen molar-refractivity contribution in [2.75, 3.05) is 39.3 Å². The van der Waals surface area contributed by atoms with Crippen LogP contribution in [0.25, 0.3) is 0 Å². The van der Waals surface area contributed by atoms with Crippen molar-refractivity contribution in [1.29, 1.82) is 0 Å². The van der Waals surface area contributed by atoms with E-state index in [1.165, 1.54) is 38.4 Å². The van der Waals surface area contributed by atoms with Crippen LogP contribution in [0.2, 0.25) is 0 Å². The smallest absolute Gasteiger partial charge is 0.109 e. The molecule has 1 aliphatic rings. The zero-order chi connectivity index (χ0) is 14.4. The van der Waals surface area contributed by atoms with Crippen LogP contribution in [0, 0.1) is 0 Å². The fourth-order valence-corrected chi connectivity index (χ4v) is 3.08. The summed E-state index contributed by atoms with van der Waals surface area (Å²) in [6.45, 7) is 8.90. The van der Waals surface area contributed by atoms with Gasteiger partial charge >= 0.3 is 0 Å². The van der Waals surface area contributed by atoms with Gasteiger partial charge in [-0.05, 0) is 19.4 Å². The average molecular weight is 279 g/mol. The van der Waals surface area contributed by atoms with Crippen LogP contribution in [0.15, 0.2) is 12.4 Å². The molecule has 20 heavy (non-hydrogen) atoms. The first-order valence-corrected chi connectivity index (χ1v) is 7.87. The number of piperazine rings is 1. The minimum Gasteiger partial charge on any atom is -0.338 e. The van der Waals surface area contributed by atoms with E-state index in [1.54, 1.807) is 0 Å². The van der Waals surface area contributed by atoms with Crippen molar-refractivity contribution in [3.63, 3.8) is 0 Å². The zero-order valence-corrected chi connectivity index (χ0v) is 13.0. The lowest BCUT2D eigenvalue weighted by atomic mass is 10.1. The molecule has 1 aromatic rings. The van der Waals surface area contributed by atoms with Gasteiger partial charge in [-0.3, -0.25) is 4.90 Å². The molecular weight excluding hydrogens is 250 g/mol. The first-order chi connectivity index (χ1) is 9.74. The Hall–Kier alpha value is -0.910. The van der Waals surface area contributed by atoms with Crippen LogP contribution in [-0.4, -0.2) is 64.7 Å². The Morgan fingerprint density at radius 1 is 1.30 bits per heavy atom. The predicted octanol–water partition coefficient (Wildman–Crippen LogP) is 0.708. The van der Waals surface area contributed by atoms with Gasteiger partial charge in [0.15, 0.2) is 0 Å². The van der Waals surface area contributed by atoms with E-state index in [0.717, 1.165) is 25.9 Å².